The molecule has 0 bridgehead atoms. The lowest BCUT2D eigenvalue weighted by molar-refractivity contribution is -0.137. The molecule has 1 aliphatic rings. The molecule has 2 heterocycles. The van der Waals surface area contributed by atoms with Gasteiger partial charge >= 0.3 is 6.18 Å². The zero-order valence-corrected chi connectivity index (χ0v) is 15.5. The van der Waals surface area contributed by atoms with Crippen molar-refractivity contribution in [2.24, 2.45) is 0 Å². The summed E-state index contributed by atoms with van der Waals surface area (Å²) >= 11 is 12.2. The van der Waals surface area contributed by atoms with E-state index >= 15 is 0 Å². The number of nitrogens with zero attached hydrogens (tertiary/aromatic N) is 2. The molecule has 8 heteroatoms. The highest BCUT2D eigenvalue weighted by atomic mass is 35.5. The summed E-state index contributed by atoms with van der Waals surface area (Å²) in [5.74, 6) is 0.815. The first kappa shape index (κ1) is 18.2. The molecular formula is C19H14Cl2F3N3. The summed E-state index contributed by atoms with van der Waals surface area (Å²) in [6.45, 7) is 0.759. The maximum Gasteiger partial charge on any atom is 0.416 e. The van der Waals surface area contributed by atoms with Crippen molar-refractivity contribution in [3.63, 3.8) is 0 Å². The third-order valence-corrected chi connectivity index (χ3v) is 5.13. The fraction of sp³-hybridized carbons (Fsp3) is 0.211. The van der Waals surface area contributed by atoms with Crippen LogP contribution in [0.3, 0.4) is 0 Å². The number of anilines is 1. The Hall–Kier alpha value is -2.18. The molecule has 0 amide bonds. The first-order chi connectivity index (χ1) is 12.8. The van der Waals surface area contributed by atoms with Gasteiger partial charge in [0.05, 0.1) is 16.9 Å². The van der Waals surface area contributed by atoms with Crippen LogP contribution in [0.2, 0.25) is 10.0 Å². The van der Waals surface area contributed by atoms with Crippen LogP contribution in [0.25, 0.3) is 5.69 Å². The van der Waals surface area contributed by atoms with E-state index in [2.05, 4.69) is 10.4 Å². The van der Waals surface area contributed by atoms with E-state index in [1.807, 2.05) is 6.07 Å². The van der Waals surface area contributed by atoms with E-state index in [1.54, 1.807) is 16.8 Å². The second-order valence-corrected chi connectivity index (χ2v) is 7.16. The molecule has 3 aromatic rings. The van der Waals surface area contributed by atoms with Crippen molar-refractivity contribution >= 4 is 29.0 Å². The third-order valence-electron chi connectivity index (χ3n) is 4.55. The molecule has 27 heavy (non-hydrogen) atoms. The minimum atomic E-state index is -4.36. The van der Waals surface area contributed by atoms with E-state index in [4.69, 9.17) is 23.2 Å². The average molecular weight is 412 g/mol. The lowest BCUT2D eigenvalue weighted by atomic mass is 10.1. The number of hydrogen-bond acceptors (Lipinski definition) is 2. The van der Waals surface area contributed by atoms with Gasteiger partial charge in [-0.05, 0) is 48.4 Å². The van der Waals surface area contributed by atoms with Crippen LogP contribution in [0.15, 0.2) is 42.5 Å². The van der Waals surface area contributed by atoms with Gasteiger partial charge in [0.15, 0.2) is 0 Å². The normalized spacial score (nSPS) is 13.5. The molecule has 1 aliphatic heterocycles. The van der Waals surface area contributed by atoms with Gasteiger partial charge in [0.25, 0.3) is 0 Å². The molecule has 1 N–H and O–H groups in total. The van der Waals surface area contributed by atoms with E-state index in [-0.39, 0.29) is 0 Å². The van der Waals surface area contributed by atoms with Gasteiger partial charge in [0, 0.05) is 28.6 Å². The van der Waals surface area contributed by atoms with E-state index in [1.165, 1.54) is 12.1 Å². The summed E-state index contributed by atoms with van der Waals surface area (Å²) in [5, 5.41) is 9.02. The molecular weight excluding hydrogens is 398 g/mol. The molecule has 140 valence electrons. The van der Waals surface area contributed by atoms with Crippen LogP contribution >= 0.6 is 23.2 Å². The smallest absolute Gasteiger partial charge is 0.369 e. The predicted octanol–water partition coefficient (Wildman–Crippen LogP) is 5.76. The monoisotopic (exact) mass is 411 g/mol. The van der Waals surface area contributed by atoms with Crippen molar-refractivity contribution in [3.8, 4) is 5.69 Å². The van der Waals surface area contributed by atoms with Crippen LogP contribution < -0.4 is 5.32 Å². The molecule has 2 aromatic carbocycles. The Labute approximate surface area is 163 Å². The molecule has 0 spiro atoms. The number of halogens is 5. The molecule has 0 saturated carbocycles. The van der Waals surface area contributed by atoms with E-state index in [0.717, 1.165) is 47.7 Å². The third kappa shape index (κ3) is 3.51. The lowest BCUT2D eigenvalue weighted by Gasteiger charge is -2.09. The van der Waals surface area contributed by atoms with E-state index < -0.39 is 11.7 Å². The zero-order valence-electron chi connectivity index (χ0n) is 13.9. The fourth-order valence-electron chi connectivity index (χ4n) is 3.21. The second-order valence-electron chi connectivity index (χ2n) is 6.32. The van der Waals surface area contributed by atoms with Gasteiger partial charge in [-0.15, -0.1) is 0 Å². The largest absolute Gasteiger partial charge is 0.416 e. The highest BCUT2D eigenvalue weighted by molar-refractivity contribution is 6.35. The van der Waals surface area contributed by atoms with Gasteiger partial charge in [-0.1, -0.05) is 29.3 Å². The minimum absolute atomic E-state index is 0.521. The Balaban J connectivity index is 1.70. The molecule has 0 unspecified atom stereocenters. The molecule has 1 aromatic heterocycles. The lowest BCUT2D eigenvalue weighted by Crippen LogP contribution is -2.07. The van der Waals surface area contributed by atoms with Gasteiger partial charge in [0.1, 0.15) is 5.82 Å². The van der Waals surface area contributed by atoms with Crippen molar-refractivity contribution in [1.82, 2.24) is 9.78 Å². The molecule has 0 fully saturated rings. The van der Waals surface area contributed by atoms with Crippen molar-refractivity contribution in [2.45, 2.75) is 19.0 Å². The Kier molecular flexibility index (Phi) is 4.56. The zero-order chi connectivity index (χ0) is 19.2. The maximum absolute atomic E-state index is 12.8. The standard InChI is InChI=1S/C19H14Cl2F3N3/c20-13-4-1-11(16(21)10-13)9-17-15-7-8-25-18(15)27(26-17)14-5-2-12(3-6-14)19(22,23)24/h1-6,10,25H,7-9H2. The number of nitrogens with one attached hydrogen (secondary N) is 1. The van der Waals surface area contributed by atoms with Crippen LogP contribution in [-0.2, 0) is 19.0 Å². The van der Waals surface area contributed by atoms with Gasteiger partial charge in [-0.3, -0.25) is 0 Å². The summed E-state index contributed by atoms with van der Waals surface area (Å²) in [6, 6.07) is 10.3. The second kappa shape index (κ2) is 6.77. The van der Waals surface area contributed by atoms with Gasteiger partial charge in [0.2, 0.25) is 0 Å². The van der Waals surface area contributed by atoms with Crippen molar-refractivity contribution in [1.29, 1.82) is 0 Å². The Bertz CT molecular complexity index is 995. The maximum atomic E-state index is 12.8. The van der Waals surface area contributed by atoms with Crippen LogP contribution in [0.4, 0.5) is 19.0 Å². The van der Waals surface area contributed by atoms with Gasteiger partial charge in [-0.25, -0.2) is 4.68 Å². The van der Waals surface area contributed by atoms with Gasteiger partial charge < -0.3 is 5.32 Å². The number of hydrogen-bond donors (Lipinski definition) is 1. The predicted molar refractivity (Wildman–Crippen MR) is 100 cm³/mol. The summed E-state index contributed by atoms with van der Waals surface area (Å²) in [7, 11) is 0. The van der Waals surface area contributed by atoms with Gasteiger partial charge in [-0.2, -0.15) is 18.3 Å². The highest BCUT2D eigenvalue weighted by Gasteiger charge is 2.30. The highest BCUT2D eigenvalue weighted by Crippen LogP contribution is 2.33. The van der Waals surface area contributed by atoms with Crippen molar-refractivity contribution in [2.75, 3.05) is 11.9 Å². The van der Waals surface area contributed by atoms with E-state index in [9.17, 15) is 13.2 Å². The van der Waals surface area contributed by atoms with Crippen molar-refractivity contribution in [3.05, 3.63) is 74.9 Å². The van der Waals surface area contributed by atoms with Crippen LogP contribution in [0.1, 0.15) is 22.4 Å². The Morgan fingerprint density at radius 3 is 2.48 bits per heavy atom. The average Bonchev–Trinajstić information content (AvgIpc) is 3.20. The molecule has 0 saturated heterocycles. The summed E-state index contributed by atoms with van der Waals surface area (Å²) < 4.78 is 40.0. The number of benzene rings is 2. The SMILES string of the molecule is FC(F)(F)c1ccc(-n2nc(Cc3ccc(Cl)cc3Cl)c3c2NCC3)cc1. The van der Waals surface area contributed by atoms with Crippen LogP contribution in [0, 0.1) is 0 Å². The molecule has 0 atom stereocenters. The first-order valence-electron chi connectivity index (χ1n) is 8.29. The molecule has 0 aliphatic carbocycles. The van der Waals surface area contributed by atoms with Crippen molar-refractivity contribution < 1.29 is 13.2 Å². The van der Waals surface area contributed by atoms with E-state index in [0.29, 0.717) is 22.2 Å². The topological polar surface area (TPSA) is 29.9 Å². The first-order valence-corrected chi connectivity index (χ1v) is 9.05. The summed E-state index contributed by atoms with van der Waals surface area (Å²) in [4.78, 5) is 0. The molecule has 3 nitrogen and oxygen atoms in total. The quantitative estimate of drug-likeness (QED) is 0.593. The number of fused-ring (bicyclic) bond motifs is 1. The Morgan fingerprint density at radius 1 is 1.07 bits per heavy atom. The summed E-state index contributed by atoms with van der Waals surface area (Å²) in [5.41, 5.74) is 2.69. The fourth-order valence-corrected chi connectivity index (χ4v) is 3.69. The van der Waals surface area contributed by atoms with Crippen LogP contribution in [-0.4, -0.2) is 16.3 Å². The number of alkyl halides is 3. The Morgan fingerprint density at radius 2 is 1.81 bits per heavy atom. The molecule has 4 rings (SSSR count). The number of rotatable bonds is 3. The minimum Gasteiger partial charge on any atom is -0.369 e. The van der Waals surface area contributed by atoms with Crippen LogP contribution in [0.5, 0.6) is 0 Å². The summed E-state index contributed by atoms with van der Waals surface area (Å²) in [6.07, 6.45) is -3.04. The number of aromatic nitrogens is 2. The molecule has 0 radical (unpaired) electrons.